The molecule has 2 rings (SSSR count). The highest BCUT2D eigenvalue weighted by Crippen LogP contribution is 2.25. The molecule has 0 aliphatic carbocycles. The average molecular weight is 184 g/mol. The maximum absolute atomic E-state index is 5.13. The van der Waals surface area contributed by atoms with E-state index in [1.165, 1.54) is 5.56 Å². The van der Waals surface area contributed by atoms with Crippen LogP contribution in [0.3, 0.4) is 0 Å². The zero-order chi connectivity index (χ0) is 8.39. The molecule has 12 heavy (non-hydrogen) atoms. The first-order valence-electron chi connectivity index (χ1n) is 4.12. The van der Waals surface area contributed by atoms with Crippen molar-refractivity contribution >= 4 is 17.6 Å². The fourth-order valence-electron chi connectivity index (χ4n) is 1.44. The molecule has 0 radical (unpaired) electrons. The highest BCUT2D eigenvalue weighted by atomic mass is 32.2. The van der Waals surface area contributed by atoms with Gasteiger partial charge in [-0.25, -0.2) is 0 Å². The summed E-state index contributed by atoms with van der Waals surface area (Å²) < 4.78 is 5.13. The lowest BCUT2D eigenvalue weighted by Crippen LogP contribution is -1.95. The van der Waals surface area contributed by atoms with Gasteiger partial charge >= 0.3 is 0 Å². The number of rotatable bonds is 3. The molecule has 66 valence electrons. The predicted octanol–water partition coefficient (Wildman–Crippen LogP) is 1.55. The van der Waals surface area contributed by atoms with Crippen LogP contribution >= 0.6 is 11.8 Å². The monoisotopic (exact) mass is 184 g/mol. The molecule has 0 amide bonds. The number of nitrogens with zero attached hydrogens (tertiary/aromatic N) is 1. The van der Waals surface area contributed by atoms with Crippen molar-refractivity contribution in [3.63, 3.8) is 0 Å². The molecule has 1 aromatic rings. The zero-order valence-corrected chi connectivity index (χ0v) is 7.91. The van der Waals surface area contributed by atoms with Crippen molar-refractivity contribution < 1.29 is 4.52 Å². The van der Waals surface area contributed by atoms with Crippen molar-refractivity contribution in [3.8, 4) is 0 Å². The van der Waals surface area contributed by atoms with Crippen molar-refractivity contribution in [2.45, 2.75) is 12.8 Å². The summed E-state index contributed by atoms with van der Waals surface area (Å²) in [5.74, 6) is 2.02. The molecule has 0 bridgehead atoms. The third kappa shape index (κ3) is 1.31. The van der Waals surface area contributed by atoms with Crippen LogP contribution in [0.1, 0.15) is 11.3 Å². The third-order valence-electron chi connectivity index (χ3n) is 2.07. The number of thioether (sulfide) groups is 1. The molecule has 1 N–H and O–H groups in total. The second kappa shape index (κ2) is 3.39. The van der Waals surface area contributed by atoms with Crippen molar-refractivity contribution in [3.05, 3.63) is 11.3 Å². The smallest absolute Gasteiger partial charge is 0.228 e. The van der Waals surface area contributed by atoms with Gasteiger partial charge in [0.05, 0.1) is 5.69 Å². The summed E-state index contributed by atoms with van der Waals surface area (Å²) in [4.78, 5) is 0. The van der Waals surface area contributed by atoms with E-state index in [-0.39, 0.29) is 0 Å². The topological polar surface area (TPSA) is 38.1 Å². The largest absolute Gasteiger partial charge is 0.353 e. The summed E-state index contributed by atoms with van der Waals surface area (Å²) in [7, 11) is 0. The van der Waals surface area contributed by atoms with E-state index < -0.39 is 0 Å². The van der Waals surface area contributed by atoms with Gasteiger partial charge in [-0.1, -0.05) is 5.16 Å². The average Bonchev–Trinajstić information content (AvgIpc) is 2.62. The van der Waals surface area contributed by atoms with E-state index in [4.69, 9.17) is 4.52 Å². The van der Waals surface area contributed by atoms with Crippen LogP contribution in [0.5, 0.6) is 0 Å². The zero-order valence-electron chi connectivity index (χ0n) is 7.09. The van der Waals surface area contributed by atoms with Crippen LogP contribution in [-0.2, 0) is 12.8 Å². The van der Waals surface area contributed by atoms with Crippen LogP contribution in [0.2, 0.25) is 0 Å². The van der Waals surface area contributed by atoms with Gasteiger partial charge in [-0.15, -0.1) is 0 Å². The van der Waals surface area contributed by atoms with Gasteiger partial charge in [-0.2, -0.15) is 11.8 Å². The van der Waals surface area contributed by atoms with Crippen LogP contribution in [-0.4, -0.2) is 23.7 Å². The lowest BCUT2D eigenvalue weighted by atomic mass is 10.2. The van der Waals surface area contributed by atoms with Crippen molar-refractivity contribution in [1.82, 2.24) is 5.16 Å². The molecule has 0 aromatic carbocycles. The van der Waals surface area contributed by atoms with Crippen LogP contribution < -0.4 is 5.32 Å². The van der Waals surface area contributed by atoms with E-state index in [2.05, 4.69) is 16.7 Å². The van der Waals surface area contributed by atoms with Crippen LogP contribution in [0.15, 0.2) is 4.52 Å². The van der Waals surface area contributed by atoms with Gasteiger partial charge in [-0.05, 0) is 18.4 Å². The van der Waals surface area contributed by atoms with Crippen molar-refractivity contribution in [2.75, 3.05) is 23.9 Å². The number of hydrogen-bond donors (Lipinski definition) is 1. The molecular formula is C8H12N2OS. The third-order valence-corrected chi connectivity index (χ3v) is 2.69. The fourth-order valence-corrected chi connectivity index (χ4v) is 1.83. The number of aromatic nitrogens is 1. The number of fused-ring (bicyclic) bond motifs is 1. The van der Waals surface area contributed by atoms with Gasteiger partial charge in [0.25, 0.3) is 0 Å². The molecule has 0 spiro atoms. The second-order valence-electron chi connectivity index (χ2n) is 2.86. The summed E-state index contributed by atoms with van der Waals surface area (Å²) in [6.07, 6.45) is 4.21. The van der Waals surface area contributed by atoms with Gasteiger partial charge in [0.2, 0.25) is 5.88 Å². The minimum atomic E-state index is 0.895. The molecule has 1 aromatic heterocycles. The maximum atomic E-state index is 5.13. The summed E-state index contributed by atoms with van der Waals surface area (Å²) >= 11 is 1.84. The first-order chi connectivity index (χ1) is 5.92. The van der Waals surface area contributed by atoms with Gasteiger partial charge in [0.1, 0.15) is 0 Å². The number of aryl methyl sites for hydroxylation is 1. The van der Waals surface area contributed by atoms with E-state index in [0.29, 0.717) is 0 Å². The normalized spacial score (nSPS) is 14.4. The Bertz CT molecular complexity index is 272. The molecule has 2 heterocycles. The van der Waals surface area contributed by atoms with Gasteiger partial charge < -0.3 is 9.84 Å². The highest BCUT2D eigenvalue weighted by molar-refractivity contribution is 7.98. The Morgan fingerprint density at radius 2 is 2.58 bits per heavy atom. The summed E-state index contributed by atoms with van der Waals surface area (Å²) in [6, 6.07) is 0. The van der Waals surface area contributed by atoms with E-state index in [9.17, 15) is 0 Å². The Kier molecular flexibility index (Phi) is 2.26. The van der Waals surface area contributed by atoms with E-state index in [1.54, 1.807) is 0 Å². The first-order valence-corrected chi connectivity index (χ1v) is 5.51. The predicted molar refractivity (Wildman–Crippen MR) is 50.8 cm³/mol. The molecule has 1 aliphatic rings. The van der Waals surface area contributed by atoms with Crippen molar-refractivity contribution in [1.29, 1.82) is 0 Å². The number of hydrogen-bond acceptors (Lipinski definition) is 4. The number of nitrogens with one attached hydrogen (secondary N) is 1. The summed E-state index contributed by atoms with van der Waals surface area (Å²) in [6.45, 7) is 1.00. The molecule has 1 aliphatic heterocycles. The Balaban J connectivity index is 2.11. The fraction of sp³-hybridized carbons (Fsp3) is 0.625. The lowest BCUT2D eigenvalue weighted by Gasteiger charge is -1.93. The molecule has 0 fully saturated rings. The van der Waals surface area contributed by atoms with Crippen LogP contribution in [0, 0.1) is 0 Å². The SMILES string of the molecule is CSCCc1noc2c1CCN2. The molecular weight excluding hydrogens is 172 g/mol. The Labute approximate surface area is 75.9 Å². The Morgan fingerprint density at radius 1 is 1.67 bits per heavy atom. The standard InChI is InChI=1S/C8H12N2OS/c1-12-5-3-7-6-2-4-9-8(6)11-10-7/h9H,2-5H2,1H3. The number of anilines is 1. The molecule has 4 heteroatoms. The quantitative estimate of drug-likeness (QED) is 0.773. The molecule has 0 unspecified atom stereocenters. The minimum Gasteiger partial charge on any atom is -0.353 e. The molecule has 0 atom stereocenters. The summed E-state index contributed by atoms with van der Waals surface area (Å²) in [5.41, 5.74) is 2.44. The Hall–Kier alpha value is -0.640. The first kappa shape index (κ1) is 7.98. The Morgan fingerprint density at radius 3 is 3.42 bits per heavy atom. The summed E-state index contributed by atoms with van der Waals surface area (Å²) in [5, 5.41) is 7.19. The molecule has 3 nitrogen and oxygen atoms in total. The maximum Gasteiger partial charge on any atom is 0.228 e. The van der Waals surface area contributed by atoms with Crippen LogP contribution in [0.4, 0.5) is 5.88 Å². The van der Waals surface area contributed by atoms with Crippen molar-refractivity contribution in [2.24, 2.45) is 0 Å². The lowest BCUT2D eigenvalue weighted by molar-refractivity contribution is 0.426. The second-order valence-corrected chi connectivity index (χ2v) is 3.84. The molecule has 0 saturated carbocycles. The van der Waals surface area contributed by atoms with Crippen LogP contribution in [0.25, 0.3) is 0 Å². The van der Waals surface area contributed by atoms with Gasteiger partial charge in [-0.3, -0.25) is 0 Å². The van der Waals surface area contributed by atoms with Gasteiger partial charge in [0, 0.05) is 18.5 Å². The van der Waals surface area contributed by atoms with E-state index in [1.807, 2.05) is 11.8 Å². The van der Waals surface area contributed by atoms with E-state index in [0.717, 1.165) is 36.7 Å². The highest BCUT2D eigenvalue weighted by Gasteiger charge is 2.19. The molecule has 0 saturated heterocycles. The minimum absolute atomic E-state index is 0.895. The van der Waals surface area contributed by atoms with E-state index >= 15 is 0 Å². The van der Waals surface area contributed by atoms with Gasteiger partial charge in [0.15, 0.2) is 0 Å².